The number of hydrogen-bond acceptors (Lipinski definition) is 11. The zero-order valence-corrected chi connectivity index (χ0v) is 32.9. The van der Waals surface area contributed by atoms with Gasteiger partial charge < -0.3 is 28.4 Å². The minimum absolute atomic E-state index is 0.517. The van der Waals surface area contributed by atoms with Gasteiger partial charge in [0.25, 0.3) is 0 Å². The van der Waals surface area contributed by atoms with Crippen molar-refractivity contribution in [1.82, 2.24) is 0 Å². The number of rotatable bonds is 11. The van der Waals surface area contributed by atoms with Gasteiger partial charge in [0.05, 0.1) is 0 Å². The summed E-state index contributed by atoms with van der Waals surface area (Å²) in [7, 11) is 0. The Morgan fingerprint density at radius 3 is 1.17 bits per heavy atom. The fourth-order valence-corrected chi connectivity index (χ4v) is 3.36. The molecule has 0 aromatic rings. The highest BCUT2D eigenvalue weighted by Crippen LogP contribution is 2.35. The predicted molar refractivity (Wildman–Crippen MR) is 170 cm³/mol. The standard InChI is InChI=1S/C26H37Br5O11/c1-22(2,27)17(32)37-11-12-13(39-18(33)23(3,4)28)14(40-19(34)24(5,6)29)15(41-20(35)25(7,8)30)16(38-12)42-21(36)26(9,10)31/h12-16H,11H2,1-10H3/t12-,13+,14+,15-,16-/m1/s1. The first-order valence-electron chi connectivity index (χ1n) is 12.7. The molecule has 0 spiro atoms. The van der Waals surface area contributed by atoms with E-state index in [1.165, 1.54) is 55.4 Å². The SMILES string of the molecule is CC(C)(Br)C(=O)OC[C@H]1O[C@H](OC(=O)C(C)(C)Br)[C@H](OC(=O)C(C)(C)Br)[C@@H](OC(=O)C(C)(C)Br)[C@H]1OC(=O)C(C)(C)Br. The molecule has 0 aromatic carbocycles. The molecule has 0 radical (unpaired) electrons. The van der Waals surface area contributed by atoms with Crippen molar-refractivity contribution in [1.29, 1.82) is 0 Å². The molecule has 1 aliphatic rings. The van der Waals surface area contributed by atoms with Gasteiger partial charge in [0.2, 0.25) is 12.4 Å². The molecule has 16 heteroatoms. The van der Waals surface area contributed by atoms with Crippen molar-refractivity contribution >= 4 is 109 Å². The minimum Gasteiger partial charge on any atom is -0.462 e. The highest BCUT2D eigenvalue weighted by atomic mass is 79.9. The van der Waals surface area contributed by atoms with E-state index in [2.05, 4.69) is 79.6 Å². The van der Waals surface area contributed by atoms with Crippen molar-refractivity contribution in [2.24, 2.45) is 0 Å². The predicted octanol–water partition coefficient (Wildman–Crippen LogP) is 5.40. The third kappa shape index (κ3) is 11.9. The lowest BCUT2D eigenvalue weighted by Gasteiger charge is -2.45. The highest BCUT2D eigenvalue weighted by molar-refractivity contribution is 9.11. The molecule has 1 aliphatic heterocycles. The molecule has 0 aromatic heterocycles. The van der Waals surface area contributed by atoms with Crippen LogP contribution in [0.2, 0.25) is 0 Å². The van der Waals surface area contributed by atoms with Crippen LogP contribution >= 0.6 is 79.6 Å². The first-order chi connectivity index (χ1) is 18.6. The Balaban J connectivity index is 3.82. The van der Waals surface area contributed by atoms with Crippen LogP contribution in [-0.4, -0.2) is 88.8 Å². The van der Waals surface area contributed by atoms with E-state index in [9.17, 15) is 24.0 Å². The van der Waals surface area contributed by atoms with Gasteiger partial charge in [0.1, 0.15) is 34.3 Å². The molecule has 1 saturated heterocycles. The van der Waals surface area contributed by atoms with Crippen molar-refractivity contribution in [3.8, 4) is 0 Å². The molecule has 0 N–H and O–H groups in total. The second kappa shape index (κ2) is 14.4. The van der Waals surface area contributed by atoms with E-state index in [0.717, 1.165) is 0 Å². The van der Waals surface area contributed by atoms with Gasteiger partial charge in [-0.1, -0.05) is 79.6 Å². The molecule has 242 valence electrons. The summed E-state index contributed by atoms with van der Waals surface area (Å²) in [5, 5.41) is 0. The number of esters is 5. The molecule has 42 heavy (non-hydrogen) atoms. The number of alkyl halides is 5. The molecule has 11 nitrogen and oxygen atoms in total. The van der Waals surface area contributed by atoms with Crippen LogP contribution in [0.1, 0.15) is 69.2 Å². The Kier molecular flexibility index (Phi) is 13.6. The van der Waals surface area contributed by atoms with E-state index in [1.54, 1.807) is 13.8 Å². The summed E-state index contributed by atoms with van der Waals surface area (Å²) in [6.07, 6.45) is -7.73. The second-order valence-electron chi connectivity index (χ2n) is 12.0. The summed E-state index contributed by atoms with van der Waals surface area (Å²) >= 11 is 16.2. The van der Waals surface area contributed by atoms with E-state index in [-0.39, 0.29) is 0 Å². The average molecular weight is 925 g/mol. The van der Waals surface area contributed by atoms with Gasteiger partial charge in [-0.05, 0) is 69.2 Å². The van der Waals surface area contributed by atoms with Crippen LogP contribution in [0.5, 0.6) is 0 Å². The smallest absolute Gasteiger partial charge is 0.324 e. The van der Waals surface area contributed by atoms with Crippen LogP contribution in [0, 0.1) is 0 Å². The maximum Gasteiger partial charge on any atom is 0.324 e. The van der Waals surface area contributed by atoms with Crippen molar-refractivity contribution in [3.05, 3.63) is 0 Å². The Morgan fingerprint density at radius 2 is 0.810 bits per heavy atom. The van der Waals surface area contributed by atoms with Crippen molar-refractivity contribution in [2.45, 2.75) is 122 Å². The highest BCUT2D eigenvalue weighted by Gasteiger charge is 2.56. The molecule has 0 saturated carbocycles. The van der Waals surface area contributed by atoms with Crippen molar-refractivity contribution in [2.75, 3.05) is 6.61 Å². The van der Waals surface area contributed by atoms with E-state index in [1.807, 2.05) is 0 Å². The normalized spacial score (nSPS) is 23.8. The Morgan fingerprint density at radius 1 is 0.500 bits per heavy atom. The molecule has 1 fully saturated rings. The molecule has 0 unspecified atom stereocenters. The molecular weight excluding hydrogens is 888 g/mol. The summed E-state index contributed by atoms with van der Waals surface area (Å²) in [5.74, 6) is -3.94. The number of carbonyl (C=O) groups excluding carboxylic acids is 5. The number of ether oxygens (including phenoxy) is 6. The molecular formula is C26H37Br5O11. The van der Waals surface area contributed by atoms with Gasteiger partial charge >= 0.3 is 29.8 Å². The van der Waals surface area contributed by atoms with Crippen molar-refractivity contribution in [3.63, 3.8) is 0 Å². The van der Waals surface area contributed by atoms with Crippen LogP contribution in [0.15, 0.2) is 0 Å². The summed E-state index contributed by atoms with van der Waals surface area (Å²) in [5.41, 5.74) is 0. The van der Waals surface area contributed by atoms with Crippen LogP contribution in [0.25, 0.3) is 0 Å². The van der Waals surface area contributed by atoms with Crippen molar-refractivity contribution < 1.29 is 52.4 Å². The number of halogens is 5. The monoisotopic (exact) mass is 920 g/mol. The molecule has 1 heterocycles. The maximum atomic E-state index is 13.2. The second-order valence-corrected chi connectivity index (χ2v) is 21.9. The van der Waals surface area contributed by atoms with Crippen LogP contribution in [-0.2, 0) is 52.4 Å². The lowest BCUT2D eigenvalue weighted by molar-refractivity contribution is -0.302. The Bertz CT molecular complexity index is 1030. The third-order valence-electron chi connectivity index (χ3n) is 5.35. The van der Waals surface area contributed by atoms with Crippen LogP contribution in [0.4, 0.5) is 0 Å². The third-order valence-corrected chi connectivity index (χ3v) is 6.97. The average Bonchev–Trinajstić information content (AvgIpc) is 2.77. The van der Waals surface area contributed by atoms with Gasteiger partial charge in [-0.15, -0.1) is 0 Å². The lowest BCUT2D eigenvalue weighted by atomic mass is 9.97. The molecule has 5 atom stereocenters. The molecule has 0 aliphatic carbocycles. The largest absolute Gasteiger partial charge is 0.462 e. The molecule has 0 amide bonds. The minimum atomic E-state index is -1.68. The molecule has 1 rings (SSSR count). The Labute approximate surface area is 288 Å². The van der Waals surface area contributed by atoms with Gasteiger partial charge in [0.15, 0.2) is 12.2 Å². The Hall–Kier alpha value is -0.290. The van der Waals surface area contributed by atoms with Crippen LogP contribution < -0.4 is 0 Å². The van der Waals surface area contributed by atoms with Gasteiger partial charge in [-0.2, -0.15) is 0 Å². The van der Waals surface area contributed by atoms with Gasteiger partial charge in [-0.3, -0.25) is 24.0 Å². The quantitative estimate of drug-likeness (QED) is 0.150. The lowest BCUT2D eigenvalue weighted by Crippen LogP contribution is -2.65. The van der Waals surface area contributed by atoms with E-state index in [0.29, 0.717) is 0 Å². The van der Waals surface area contributed by atoms with E-state index in [4.69, 9.17) is 28.4 Å². The van der Waals surface area contributed by atoms with Gasteiger partial charge in [-0.25, -0.2) is 0 Å². The first kappa shape index (κ1) is 39.7. The first-order valence-corrected chi connectivity index (χ1v) is 16.6. The summed E-state index contributed by atoms with van der Waals surface area (Å²) in [6.45, 7) is 14.8. The summed E-state index contributed by atoms with van der Waals surface area (Å²) < 4.78 is 28.4. The zero-order valence-electron chi connectivity index (χ0n) is 25.0. The fourth-order valence-electron chi connectivity index (χ4n) is 2.88. The van der Waals surface area contributed by atoms with E-state index >= 15 is 0 Å². The van der Waals surface area contributed by atoms with Crippen LogP contribution in [0.3, 0.4) is 0 Å². The van der Waals surface area contributed by atoms with E-state index < -0.39 is 88.8 Å². The summed E-state index contributed by atoms with van der Waals surface area (Å²) in [6, 6.07) is 0. The van der Waals surface area contributed by atoms with Gasteiger partial charge in [0, 0.05) is 0 Å². The topological polar surface area (TPSA) is 141 Å². The number of carbonyl (C=O) groups is 5. The zero-order chi connectivity index (χ0) is 33.2. The molecule has 0 bridgehead atoms. The number of hydrogen-bond donors (Lipinski definition) is 0. The summed E-state index contributed by atoms with van der Waals surface area (Å²) in [4.78, 5) is 64.9. The fraction of sp³-hybridized carbons (Fsp3) is 0.808. The maximum absolute atomic E-state index is 13.2.